The molecule has 0 spiro atoms. The van der Waals surface area contributed by atoms with E-state index in [1.165, 1.54) is 0 Å². The molecule has 0 radical (unpaired) electrons. The van der Waals surface area contributed by atoms with E-state index in [0.717, 1.165) is 43.0 Å². The van der Waals surface area contributed by atoms with Gasteiger partial charge < -0.3 is 15.0 Å². The van der Waals surface area contributed by atoms with Gasteiger partial charge in [0.2, 0.25) is 0 Å². The van der Waals surface area contributed by atoms with Crippen molar-refractivity contribution in [3.63, 3.8) is 0 Å². The summed E-state index contributed by atoms with van der Waals surface area (Å²) < 4.78 is 5.60. The summed E-state index contributed by atoms with van der Waals surface area (Å²) in [6.45, 7) is 3.78. The first-order valence-corrected chi connectivity index (χ1v) is 8.55. The Balaban J connectivity index is 1.61. The quantitative estimate of drug-likeness (QED) is 0.874. The van der Waals surface area contributed by atoms with Gasteiger partial charge in [0, 0.05) is 43.9 Å². The van der Waals surface area contributed by atoms with Crippen LogP contribution in [0.2, 0.25) is 0 Å². The first kappa shape index (κ1) is 15.7. The van der Waals surface area contributed by atoms with E-state index in [4.69, 9.17) is 4.74 Å². The van der Waals surface area contributed by atoms with E-state index >= 15 is 0 Å². The highest BCUT2D eigenvalue weighted by Crippen LogP contribution is 2.36. The fourth-order valence-electron chi connectivity index (χ4n) is 3.54. The molecule has 0 amide bonds. The topological polar surface area (TPSA) is 65.4 Å². The van der Waals surface area contributed by atoms with Gasteiger partial charge in [0.15, 0.2) is 0 Å². The number of ether oxygens (including phenoxy) is 1. The molecule has 0 aliphatic carbocycles. The number of anilines is 1. The van der Waals surface area contributed by atoms with E-state index < -0.39 is 0 Å². The summed E-state index contributed by atoms with van der Waals surface area (Å²) in [6.07, 6.45) is 0.198. The first-order valence-electron chi connectivity index (χ1n) is 8.55. The Hall–Kier alpha value is -2.84. The summed E-state index contributed by atoms with van der Waals surface area (Å²) in [6, 6.07) is 15.7. The molecule has 126 valence electrons. The van der Waals surface area contributed by atoms with Crippen molar-refractivity contribution in [2.75, 3.05) is 31.1 Å². The van der Waals surface area contributed by atoms with Crippen molar-refractivity contribution in [1.29, 1.82) is 5.26 Å². The van der Waals surface area contributed by atoms with Gasteiger partial charge in [0.05, 0.1) is 17.2 Å². The molecular weight excluding hydrogens is 314 g/mol. The molecule has 2 heterocycles. The summed E-state index contributed by atoms with van der Waals surface area (Å²) in [5.41, 5.74) is 4.16. The van der Waals surface area contributed by atoms with Gasteiger partial charge in [-0.2, -0.15) is 5.26 Å². The van der Waals surface area contributed by atoms with Crippen molar-refractivity contribution in [3.05, 3.63) is 64.7 Å². The SMILES string of the molecule is N#Cc1ccccc1CC1OC(=O)c2cc(N3CCNCC3)ccc21. The van der Waals surface area contributed by atoms with Crippen LogP contribution >= 0.6 is 0 Å². The number of piperazine rings is 1. The highest BCUT2D eigenvalue weighted by Gasteiger charge is 2.32. The fraction of sp³-hybridized carbons (Fsp3) is 0.300. The Labute approximate surface area is 146 Å². The highest BCUT2D eigenvalue weighted by atomic mass is 16.5. The lowest BCUT2D eigenvalue weighted by atomic mass is 9.96. The predicted octanol–water partition coefficient (Wildman–Crippen LogP) is 2.42. The number of rotatable bonds is 3. The molecule has 1 atom stereocenters. The van der Waals surface area contributed by atoms with Crippen LogP contribution in [0.25, 0.3) is 0 Å². The summed E-state index contributed by atoms with van der Waals surface area (Å²) in [5.74, 6) is -0.272. The van der Waals surface area contributed by atoms with Crippen molar-refractivity contribution < 1.29 is 9.53 Å². The molecule has 5 nitrogen and oxygen atoms in total. The highest BCUT2D eigenvalue weighted by molar-refractivity contribution is 5.95. The van der Waals surface area contributed by atoms with E-state index in [1.54, 1.807) is 6.07 Å². The number of benzene rings is 2. The second-order valence-electron chi connectivity index (χ2n) is 6.38. The number of esters is 1. The van der Waals surface area contributed by atoms with Gasteiger partial charge in [-0.05, 0) is 23.8 Å². The van der Waals surface area contributed by atoms with Crippen LogP contribution in [-0.2, 0) is 11.2 Å². The molecular formula is C20H19N3O2. The van der Waals surface area contributed by atoms with Gasteiger partial charge in [-0.1, -0.05) is 24.3 Å². The lowest BCUT2D eigenvalue weighted by molar-refractivity contribution is 0.0387. The standard InChI is InChI=1S/C20H19N3O2/c21-13-15-4-2-1-3-14(15)11-19-17-6-5-16(12-18(17)20(24)25-19)23-9-7-22-8-10-23/h1-6,12,19,22H,7-11H2. The van der Waals surface area contributed by atoms with Crippen LogP contribution in [0.4, 0.5) is 5.69 Å². The van der Waals surface area contributed by atoms with Gasteiger partial charge in [0.25, 0.3) is 0 Å². The molecule has 2 aromatic rings. The lowest BCUT2D eigenvalue weighted by Crippen LogP contribution is -2.43. The molecule has 2 aromatic carbocycles. The maximum Gasteiger partial charge on any atom is 0.339 e. The van der Waals surface area contributed by atoms with Crippen LogP contribution in [0.15, 0.2) is 42.5 Å². The number of nitriles is 1. The van der Waals surface area contributed by atoms with E-state index in [0.29, 0.717) is 17.5 Å². The molecule has 1 fully saturated rings. The largest absolute Gasteiger partial charge is 0.454 e. The molecule has 5 heteroatoms. The molecule has 0 bridgehead atoms. The third-order valence-corrected chi connectivity index (χ3v) is 4.88. The molecule has 1 unspecified atom stereocenters. The second-order valence-corrected chi connectivity index (χ2v) is 6.38. The van der Waals surface area contributed by atoms with Gasteiger partial charge in [-0.3, -0.25) is 0 Å². The zero-order valence-corrected chi connectivity index (χ0v) is 13.9. The van der Waals surface area contributed by atoms with E-state index in [-0.39, 0.29) is 12.1 Å². The Morgan fingerprint density at radius 1 is 1.20 bits per heavy atom. The second kappa shape index (κ2) is 6.58. The number of nitrogens with one attached hydrogen (secondary N) is 1. The molecule has 0 saturated carbocycles. The Morgan fingerprint density at radius 3 is 2.80 bits per heavy atom. The van der Waals surface area contributed by atoms with Crippen molar-refractivity contribution in [2.45, 2.75) is 12.5 Å². The smallest absolute Gasteiger partial charge is 0.339 e. The van der Waals surface area contributed by atoms with Crippen LogP contribution < -0.4 is 10.2 Å². The van der Waals surface area contributed by atoms with E-state index in [2.05, 4.69) is 22.4 Å². The first-order chi connectivity index (χ1) is 12.3. The zero-order chi connectivity index (χ0) is 17.2. The monoisotopic (exact) mass is 333 g/mol. The number of nitrogens with zero attached hydrogens (tertiary/aromatic N) is 2. The Bertz CT molecular complexity index is 850. The number of carbonyl (C=O) groups excluding carboxylic acids is 1. The number of fused-ring (bicyclic) bond motifs is 1. The third kappa shape index (κ3) is 2.97. The minimum Gasteiger partial charge on any atom is -0.454 e. The minimum absolute atomic E-state index is 0.272. The zero-order valence-electron chi connectivity index (χ0n) is 13.9. The number of hydrogen-bond donors (Lipinski definition) is 1. The van der Waals surface area contributed by atoms with Crippen LogP contribution in [-0.4, -0.2) is 32.1 Å². The van der Waals surface area contributed by atoms with E-state index in [1.807, 2.05) is 30.3 Å². The number of cyclic esters (lactones) is 1. The number of carbonyl (C=O) groups is 1. The van der Waals surface area contributed by atoms with Crippen molar-refractivity contribution in [3.8, 4) is 6.07 Å². The Morgan fingerprint density at radius 2 is 2.00 bits per heavy atom. The van der Waals surface area contributed by atoms with E-state index in [9.17, 15) is 10.1 Å². The van der Waals surface area contributed by atoms with Gasteiger partial charge in [-0.25, -0.2) is 4.79 Å². The normalized spacial score (nSPS) is 19.2. The maximum atomic E-state index is 12.3. The third-order valence-electron chi connectivity index (χ3n) is 4.88. The number of hydrogen-bond acceptors (Lipinski definition) is 5. The average molecular weight is 333 g/mol. The molecule has 4 rings (SSSR count). The maximum absolute atomic E-state index is 12.3. The summed E-state index contributed by atoms with van der Waals surface area (Å²) >= 11 is 0. The molecule has 2 aliphatic heterocycles. The molecule has 25 heavy (non-hydrogen) atoms. The van der Waals surface area contributed by atoms with Crippen LogP contribution in [0.5, 0.6) is 0 Å². The van der Waals surface area contributed by atoms with Gasteiger partial charge in [-0.15, -0.1) is 0 Å². The van der Waals surface area contributed by atoms with Crippen molar-refractivity contribution in [2.24, 2.45) is 0 Å². The molecule has 2 aliphatic rings. The van der Waals surface area contributed by atoms with Crippen molar-refractivity contribution >= 4 is 11.7 Å². The van der Waals surface area contributed by atoms with Gasteiger partial charge >= 0.3 is 5.97 Å². The van der Waals surface area contributed by atoms with Crippen LogP contribution in [0.3, 0.4) is 0 Å². The summed E-state index contributed by atoms with van der Waals surface area (Å²) in [7, 11) is 0. The van der Waals surface area contributed by atoms with Gasteiger partial charge in [0.1, 0.15) is 6.10 Å². The molecule has 0 aromatic heterocycles. The van der Waals surface area contributed by atoms with Crippen LogP contribution in [0.1, 0.15) is 33.2 Å². The molecule has 1 N–H and O–H groups in total. The predicted molar refractivity (Wildman–Crippen MR) is 94.5 cm³/mol. The summed E-state index contributed by atoms with van der Waals surface area (Å²) in [5, 5.41) is 12.6. The lowest BCUT2D eigenvalue weighted by Gasteiger charge is -2.29. The fourth-order valence-corrected chi connectivity index (χ4v) is 3.54. The Kier molecular flexibility index (Phi) is 4.12. The van der Waals surface area contributed by atoms with Crippen molar-refractivity contribution in [1.82, 2.24) is 5.32 Å². The summed E-state index contributed by atoms with van der Waals surface area (Å²) in [4.78, 5) is 14.6. The minimum atomic E-state index is -0.325. The average Bonchev–Trinajstić information content (AvgIpc) is 2.98. The van der Waals surface area contributed by atoms with Crippen LogP contribution in [0, 0.1) is 11.3 Å². The molecule has 1 saturated heterocycles.